The summed E-state index contributed by atoms with van der Waals surface area (Å²) in [6.07, 6.45) is 1.30. The molecule has 3 saturated heterocycles. The standard InChI is InChI=1S/C22H32FN3O4/c1-26-8-6-16(7-9-26)24-13-19-21(28)22-18(30-19)10-17(29-22)11-20(27)25-12-14-2-4-15(23)5-3-14/h2-5,16-19,21-22,24,28H,6-13H2,1H3,(H,25,27). The Morgan fingerprint density at radius 3 is 2.67 bits per heavy atom. The molecule has 166 valence electrons. The van der Waals surface area contributed by atoms with E-state index in [4.69, 9.17) is 9.47 Å². The predicted octanol–water partition coefficient (Wildman–Crippen LogP) is 0.802. The van der Waals surface area contributed by atoms with E-state index in [2.05, 4.69) is 22.6 Å². The van der Waals surface area contributed by atoms with E-state index < -0.39 is 6.10 Å². The third kappa shape index (κ3) is 5.36. The van der Waals surface area contributed by atoms with Crippen LogP contribution in [0.15, 0.2) is 24.3 Å². The maximum Gasteiger partial charge on any atom is 0.222 e. The summed E-state index contributed by atoms with van der Waals surface area (Å²) >= 11 is 0. The van der Waals surface area contributed by atoms with E-state index in [-0.39, 0.29) is 42.6 Å². The van der Waals surface area contributed by atoms with E-state index in [0.29, 0.717) is 25.6 Å². The van der Waals surface area contributed by atoms with Gasteiger partial charge in [0.15, 0.2) is 0 Å². The summed E-state index contributed by atoms with van der Waals surface area (Å²) in [6, 6.07) is 6.52. The summed E-state index contributed by atoms with van der Waals surface area (Å²) in [7, 11) is 2.14. The molecule has 3 N–H and O–H groups in total. The fourth-order valence-corrected chi connectivity index (χ4v) is 4.59. The number of likely N-dealkylation sites (tertiary alicyclic amines) is 1. The molecule has 3 aliphatic rings. The topological polar surface area (TPSA) is 83.1 Å². The van der Waals surface area contributed by atoms with Gasteiger partial charge in [-0.3, -0.25) is 4.79 Å². The molecule has 0 aliphatic carbocycles. The molecule has 5 unspecified atom stereocenters. The van der Waals surface area contributed by atoms with Gasteiger partial charge in [-0.15, -0.1) is 0 Å². The third-order valence-electron chi connectivity index (χ3n) is 6.42. The second-order valence-corrected chi connectivity index (χ2v) is 8.76. The third-order valence-corrected chi connectivity index (χ3v) is 6.42. The van der Waals surface area contributed by atoms with Gasteiger partial charge in [0, 0.05) is 25.6 Å². The van der Waals surface area contributed by atoms with Crippen molar-refractivity contribution in [1.82, 2.24) is 15.5 Å². The number of halogens is 1. The van der Waals surface area contributed by atoms with E-state index in [1.165, 1.54) is 12.1 Å². The summed E-state index contributed by atoms with van der Waals surface area (Å²) in [6.45, 7) is 3.15. The minimum Gasteiger partial charge on any atom is -0.388 e. The summed E-state index contributed by atoms with van der Waals surface area (Å²) in [4.78, 5) is 14.6. The number of fused-ring (bicyclic) bond motifs is 1. The van der Waals surface area contributed by atoms with E-state index >= 15 is 0 Å². The van der Waals surface area contributed by atoms with Gasteiger partial charge in [0.05, 0.1) is 24.7 Å². The van der Waals surface area contributed by atoms with Gasteiger partial charge < -0.3 is 30.1 Å². The molecule has 30 heavy (non-hydrogen) atoms. The van der Waals surface area contributed by atoms with Crippen molar-refractivity contribution in [1.29, 1.82) is 0 Å². The summed E-state index contributed by atoms with van der Waals surface area (Å²) in [5.41, 5.74) is 0.840. The Morgan fingerprint density at radius 1 is 1.23 bits per heavy atom. The monoisotopic (exact) mass is 421 g/mol. The number of nitrogens with zero attached hydrogens (tertiary/aromatic N) is 1. The Balaban J connectivity index is 1.17. The van der Waals surface area contributed by atoms with Crippen LogP contribution < -0.4 is 10.6 Å². The maximum absolute atomic E-state index is 12.9. The lowest BCUT2D eigenvalue weighted by Gasteiger charge is -2.30. The zero-order valence-corrected chi connectivity index (χ0v) is 17.4. The first-order chi connectivity index (χ1) is 14.5. The molecule has 3 fully saturated rings. The number of carbonyl (C=O) groups excluding carboxylic acids is 1. The largest absolute Gasteiger partial charge is 0.388 e. The van der Waals surface area contributed by atoms with Gasteiger partial charge in [0.25, 0.3) is 0 Å². The van der Waals surface area contributed by atoms with Gasteiger partial charge in [-0.05, 0) is 50.7 Å². The van der Waals surface area contributed by atoms with Gasteiger partial charge in [0.2, 0.25) is 5.91 Å². The number of aliphatic hydroxyl groups excluding tert-OH is 1. The molecule has 4 rings (SSSR count). The second-order valence-electron chi connectivity index (χ2n) is 8.76. The minimum atomic E-state index is -0.680. The molecule has 8 heteroatoms. The maximum atomic E-state index is 12.9. The van der Waals surface area contributed by atoms with Crippen molar-refractivity contribution in [3.05, 3.63) is 35.6 Å². The fourth-order valence-electron chi connectivity index (χ4n) is 4.59. The Bertz CT molecular complexity index is 711. The van der Waals surface area contributed by atoms with Crippen LogP contribution >= 0.6 is 0 Å². The Hall–Kier alpha value is -1.58. The first-order valence-corrected chi connectivity index (χ1v) is 10.9. The fraction of sp³-hybridized carbons (Fsp3) is 0.682. The van der Waals surface area contributed by atoms with Crippen molar-refractivity contribution < 1.29 is 23.8 Å². The Labute approximate surface area is 176 Å². The molecule has 5 atom stereocenters. The zero-order valence-electron chi connectivity index (χ0n) is 17.4. The number of benzene rings is 1. The number of rotatable bonds is 7. The van der Waals surface area contributed by atoms with Gasteiger partial charge in [-0.2, -0.15) is 0 Å². The number of ether oxygens (including phenoxy) is 2. The molecule has 7 nitrogen and oxygen atoms in total. The summed E-state index contributed by atoms with van der Waals surface area (Å²) in [5.74, 6) is -0.423. The van der Waals surface area contributed by atoms with Gasteiger partial charge in [-0.1, -0.05) is 12.1 Å². The molecule has 3 heterocycles. The molecule has 1 aromatic rings. The van der Waals surface area contributed by atoms with Crippen molar-refractivity contribution in [2.45, 2.75) is 68.8 Å². The van der Waals surface area contributed by atoms with Crippen LogP contribution in [0.5, 0.6) is 0 Å². The Kier molecular flexibility index (Phi) is 7.00. The number of carbonyl (C=O) groups is 1. The molecule has 1 aromatic carbocycles. The molecule has 0 bridgehead atoms. The van der Waals surface area contributed by atoms with Gasteiger partial charge in [0.1, 0.15) is 18.0 Å². The quantitative estimate of drug-likeness (QED) is 0.604. The van der Waals surface area contributed by atoms with Crippen molar-refractivity contribution in [2.24, 2.45) is 0 Å². The lowest BCUT2D eigenvalue weighted by atomic mass is 10.0. The summed E-state index contributed by atoms with van der Waals surface area (Å²) in [5, 5.41) is 17.0. The van der Waals surface area contributed by atoms with Crippen LogP contribution in [0.4, 0.5) is 4.39 Å². The van der Waals surface area contributed by atoms with Gasteiger partial charge in [-0.25, -0.2) is 4.39 Å². The van der Waals surface area contributed by atoms with Crippen molar-refractivity contribution in [2.75, 3.05) is 26.7 Å². The van der Waals surface area contributed by atoms with Crippen LogP contribution in [0.1, 0.15) is 31.2 Å². The SMILES string of the molecule is CN1CCC(NCC2OC3CC(CC(=O)NCc4ccc(F)cc4)OC3C2O)CC1. The smallest absolute Gasteiger partial charge is 0.222 e. The normalized spacial score (nSPS) is 32.3. The van der Waals surface area contributed by atoms with Crippen molar-refractivity contribution in [3.63, 3.8) is 0 Å². The first-order valence-electron chi connectivity index (χ1n) is 10.9. The molecule has 1 amide bonds. The number of amides is 1. The molecular weight excluding hydrogens is 389 g/mol. The molecule has 0 aromatic heterocycles. The van der Waals surface area contributed by atoms with Crippen LogP contribution in [0, 0.1) is 5.82 Å². The zero-order chi connectivity index (χ0) is 21.1. The lowest BCUT2D eigenvalue weighted by Crippen LogP contribution is -2.46. The van der Waals surface area contributed by atoms with Crippen molar-refractivity contribution in [3.8, 4) is 0 Å². The van der Waals surface area contributed by atoms with Crippen LogP contribution in [0.3, 0.4) is 0 Å². The van der Waals surface area contributed by atoms with E-state index in [1.807, 2.05) is 0 Å². The number of aliphatic hydroxyl groups is 1. The Morgan fingerprint density at radius 2 is 1.97 bits per heavy atom. The van der Waals surface area contributed by atoms with Gasteiger partial charge >= 0.3 is 0 Å². The molecule has 3 aliphatic heterocycles. The lowest BCUT2D eigenvalue weighted by molar-refractivity contribution is -0.124. The predicted molar refractivity (Wildman–Crippen MR) is 109 cm³/mol. The van der Waals surface area contributed by atoms with Crippen LogP contribution in [-0.4, -0.2) is 79.2 Å². The molecule has 0 radical (unpaired) electrons. The van der Waals surface area contributed by atoms with Crippen LogP contribution in [0.2, 0.25) is 0 Å². The highest BCUT2D eigenvalue weighted by atomic mass is 19.1. The van der Waals surface area contributed by atoms with E-state index in [1.54, 1.807) is 12.1 Å². The highest BCUT2D eigenvalue weighted by Crippen LogP contribution is 2.35. The average molecular weight is 422 g/mol. The number of nitrogens with one attached hydrogen (secondary N) is 2. The van der Waals surface area contributed by atoms with Crippen molar-refractivity contribution >= 4 is 5.91 Å². The second kappa shape index (κ2) is 9.70. The molecule has 0 spiro atoms. The first kappa shape index (κ1) is 21.6. The number of hydrogen-bond acceptors (Lipinski definition) is 6. The van der Waals surface area contributed by atoms with Crippen LogP contribution in [0.25, 0.3) is 0 Å². The van der Waals surface area contributed by atoms with E-state index in [9.17, 15) is 14.3 Å². The highest BCUT2D eigenvalue weighted by Gasteiger charge is 2.50. The average Bonchev–Trinajstić information content (AvgIpc) is 3.25. The molecule has 0 saturated carbocycles. The highest BCUT2D eigenvalue weighted by molar-refractivity contribution is 5.76. The number of hydrogen-bond donors (Lipinski definition) is 3. The summed E-state index contributed by atoms with van der Waals surface area (Å²) < 4.78 is 24.9. The van der Waals surface area contributed by atoms with E-state index in [0.717, 1.165) is 31.5 Å². The van der Waals surface area contributed by atoms with Crippen LogP contribution in [-0.2, 0) is 20.8 Å². The molecular formula is C22H32FN3O4. The minimum absolute atomic E-state index is 0.126. The number of piperidine rings is 1.